The zero-order chi connectivity index (χ0) is 17.1. The molecule has 1 aromatic heterocycles. The Morgan fingerprint density at radius 2 is 2.25 bits per heavy atom. The van der Waals surface area contributed by atoms with Gasteiger partial charge in [0.05, 0.1) is 18.3 Å². The minimum absolute atomic E-state index is 0.0661. The molecule has 0 radical (unpaired) electrons. The molecule has 1 aliphatic rings. The topological polar surface area (TPSA) is 89.3 Å². The molecule has 0 spiro atoms. The van der Waals surface area contributed by atoms with Crippen molar-refractivity contribution < 1.29 is 13.9 Å². The lowest BCUT2D eigenvalue weighted by molar-refractivity contribution is 0.168. The van der Waals surface area contributed by atoms with Crippen molar-refractivity contribution in [3.05, 3.63) is 47.3 Å². The molecular formula is C17H19FN4O2. The van der Waals surface area contributed by atoms with Crippen molar-refractivity contribution in [1.29, 1.82) is 0 Å². The first-order valence-electron chi connectivity index (χ1n) is 7.82. The molecule has 1 aromatic carbocycles. The highest BCUT2D eigenvalue weighted by Crippen LogP contribution is 2.34. The first-order chi connectivity index (χ1) is 11.6. The van der Waals surface area contributed by atoms with Crippen LogP contribution < -0.4 is 16.4 Å². The molecule has 3 rings (SSSR count). The Morgan fingerprint density at radius 1 is 1.42 bits per heavy atom. The average molecular weight is 330 g/mol. The molecule has 1 heterocycles. The summed E-state index contributed by atoms with van der Waals surface area (Å²) in [6.45, 7) is 2.00. The third kappa shape index (κ3) is 3.40. The van der Waals surface area contributed by atoms with Crippen molar-refractivity contribution in [2.75, 3.05) is 23.0 Å². The number of aryl methyl sites for hydroxylation is 1. The number of nitrogens with one attached hydrogen (secondary N) is 2. The number of amides is 1. The Labute approximate surface area is 139 Å². The molecule has 7 heteroatoms. The number of hydrogen-bond acceptors (Lipinski definition) is 5. The number of rotatable bonds is 4. The fourth-order valence-electron chi connectivity index (χ4n) is 2.85. The van der Waals surface area contributed by atoms with Crippen molar-refractivity contribution in [1.82, 2.24) is 4.98 Å². The Bertz CT molecular complexity index is 766. The van der Waals surface area contributed by atoms with Crippen LogP contribution in [0.4, 0.5) is 26.5 Å². The molecule has 0 fully saturated rings. The molecule has 24 heavy (non-hydrogen) atoms. The van der Waals surface area contributed by atoms with Crippen LogP contribution in [0, 0.1) is 5.82 Å². The highest BCUT2D eigenvalue weighted by molar-refractivity contribution is 5.88. The maximum atomic E-state index is 13.3. The number of halogens is 1. The SMILES string of the molecule is CCOC(=O)Nc1ccc(NC2CCc3cc(F)ccc32)nc1N. The summed E-state index contributed by atoms with van der Waals surface area (Å²) in [6, 6.07) is 8.31. The molecule has 2 aromatic rings. The van der Waals surface area contributed by atoms with Crippen LogP contribution in [-0.2, 0) is 11.2 Å². The summed E-state index contributed by atoms with van der Waals surface area (Å²) in [5.74, 6) is 0.584. The summed E-state index contributed by atoms with van der Waals surface area (Å²) >= 11 is 0. The highest BCUT2D eigenvalue weighted by atomic mass is 19.1. The van der Waals surface area contributed by atoms with Crippen molar-refractivity contribution in [3.8, 4) is 0 Å². The third-order valence-electron chi connectivity index (χ3n) is 3.94. The van der Waals surface area contributed by atoms with Crippen molar-refractivity contribution in [2.24, 2.45) is 0 Å². The van der Waals surface area contributed by atoms with Gasteiger partial charge in [0.1, 0.15) is 17.5 Å². The Hall–Kier alpha value is -2.83. The maximum Gasteiger partial charge on any atom is 0.411 e. The number of carbonyl (C=O) groups is 1. The van der Waals surface area contributed by atoms with E-state index in [1.807, 2.05) is 0 Å². The number of pyridine rings is 1. The number of nitrogens with zero attached hydrogens (tertiary/aromatic N) is 1. The van der Waals surface area contributed by atoms with Crippen molar-refractivity contribution >= 4 is 23.4 Å². The summed E-state index contributed by atoms with van der Waals surface area (Å²) in [6.07, 6.45) is 1.12. The molecule has 1 aliphatic carbocycles. The first kappa shape index (κ1) is 16.0. The van der Waals surface area contributed by atoms with Crippen molar-refractivity contribution in [3.63, 3.8) is 0 Å². The van der Waals surface area contributed by atoms with E-state index in [2.05, 4.69) is 15.6 Å². The zero-order valence-electron chi connectivity index (χ0n) is 13.3. The number of nitrogens with two attached hydrogens (primary N) is 1. The lowest BCUT2D eigenvalue weighted by atomic mass is 10.1. The largest absolute Gasteiger partial charge is 0.450 e. The molecule has 0 bridgehead atoms. The fraction of sp³-hybridized carbons (Fsp3) is 0.294. The zero-order valence-corrected chi connectivity index (χ0v) is 13.3. The van der Waals surface area contributed by atoms with Gasteiger partial charge >= 0.3 is 6.09 Å². The minimum atomic E-state index is -0.571. The Kier molecular flexibility index (Phi) is 4.50. The van der Waals surface area contributed by atoms with Crippen LogP contribution >= 0.6 is 0 Å². The van der Waals surface area contributed by atoms with E-state index in [0.29, 0.717) is 11.5 Å². The number of hydrogen-bond donors (Lipinski definition) is 3. The third-order valence-corrected chi connectivity index (χ3v) is 3.94. The predicted octanol–water partition coefficient (Wildman–Crippen LogP) is 3.47. The van der Waals surface area contributed by atoms with Crippen molar-refractivity contribution in [2.45, 2.75) is 25.8 Å². The highest BCUT2D eigenvalue weighted by Gasteiger charge is 2.23. The molecule has 0 saturated carbocycles. The van der Waals surface area contributed by atoms with Gasteiger partial charge in [-0.05, 0) is 55.2 Å². The van der Waals surface area contributed by atoms with E-state index >= 15 is 0 Å². The standard InChI is InChI=1S/C17H19FN4O2/c1-2-24-17(23)21-14-7-8-15(22-16(14)19)20-13-6-3-10-9-11(18)4-5-12(10)13/h4-5,7-9,13H,2-3,6H2,1H3,(H,21,23)(H3,19,20,22). The summed E-state index contributed by atoms with van der Waals surface area (Å²) in [5.41, 5.74) is 8.37. The quantitative estimate of drug-likeness (QED) is 0.799. The van der Waals surface area contributed by atoms with Gasteiger partial charge in [-0.2, -0.15) is 0 Å². The van der Waals surface area contributed by atoms with Gasteiger partial charge in [-0.25, -0.2) is 14.2 Å². The predicted molar refractivity (Wildman–Crippen MR) is 90.4 cm³/mol. The monoisotopic (exact) mass is 330 g/mol. The number of carbonyl (C=O) groups excluding carboxylic acids is 1. The smallest absolute Gasteiger partial charge is 0.411 e. The normalized spacial score (nSPS) is 15.7. The molecule has 0 aliphatic heterocycles. The van der Waals surface area contributed by atoms with Gasteiger partial charge in [0.2, 0.25) is 0 Å². The average Bonchev–Trinajstić information content (AvgIpc) is 2.92. The molecule has 6 nitrogen and oxygen atoms in total. The van der Waals surface area contributed by atoms with Gasteiger partial charge in [-0.3, -0.25) is 5.32 Å². The van der Waals surface area contributed by atoms with Crippen LogP contribution in [0.1, 0.15) is 30.5 Å². The Morgan fingerprint density at radius 3 is 3.00 bits per heavy atom. The van der Waals surface area contributed by atoms with Crippen LogP contribution in [0.15, 0.2) is 30.3 Å². The Balaban J connectivity index is 1.71. The summed E-state index contributed by atoms with van der Waals surface area (Å²) in [4.78, 5) is 15.7. The fourth-order valence-corrected chi connectivity index (χ4v) is 2.85. The van der Waals surface area contributed by atoms with Crippen LogP contribution in [0.25, 0.3) is 0 Å². The summed E-state index contributed by atoms with van der Waals surface area (Å²) in [7, 11) is 0. The molecule has 1 unspecified atom stereocenters. The van der Waals surface area contributed by atoms with E-state index in [4.69, 9.17) is 10.5 Å². The molecule has 4 N–H and O–H groups in total. The number of benzene rings is 1. The van der Waals surface area contributed by atoms with Crippen LogP contribution in [0.3, 0.4) is 0 Å². The van der Waals surface area contributed by atoms with Gasteiger partial charge in [0.15, 0.2) is 0 Å². The van der Waals surface area contributed by atoms with Gasteiger partial charge in [-0.15, -0.1) is 0 Å². The number of nitrogen functional groups attached to an aromatic ring is 1. The second kappa shape index (κ2) is 6.74. The molecule has 0 saturated heterocycles. The molecular weight excluding hydrogens is 311 g/mol. The number of aromatic nitrogens is 1. The van der Waals surface area contributed by atoms with E-state index in [1.165, 1.54) is 6.07 Å². The second-order valence-electron chi connectivity index (χ2n) is 5.55. The number of ether oxygens (including phenoxy) is 1. The number of fused-ring (bicyclic) bond motifs is 1. The molecule has 1 amide bonds. The van der Waals surface area contributed by atoms with Crippen LogP contribution in [0.2, 0.25) is 0 Å². The first-order valence-corrected chi connectivity index (χ1v) is 7.82. The lowest BCUT2D eigenvalue weighted by Crippen LogP contribution is -2.15. The maximum absolute atomic E-state index is 13.3. The van der Waals surface area contributed by atoms with E-state index in [9.17, 15) is 9.18 Å². The summed E-state index contributed by atoms with van der Waals surface area (Å²) < 4.78 is 18.1. The summed E-state index contributed by atoms with van der Waals surface area (Å²) in [5, 5.41) is 5.84. The second-order valence-corrected chi connectivity index (χ2v) is 5.55. The minimum Gasteiger partial charge on any atom is -0.450 e. The van der Waals surface area contributed by atoms with Crippen LogP contribution in [-0.4, -0.2) is 17.7 Å². The van der Waals surface area contributed by atoms with Crippen LogP contribution in [0.5, 0.6) is 0 Å². The molecule has 1 atom stereocenters. The van der Waals surface area contributed by atoms with Gasteiger partial charge in [-0.1, -0.05) is 6.07 Å². The molecule has 126 valence electrons. The van der Waals surface area contributed by atoms with E-state index in [-0.39, 0.29) is 24.3 Å². The van der Waals surface area contributed by atoms with Gasteiger partial charge < -0.3 is 15.8 Å². The van der Waals surface area contributed by atoms with Gasteiger partial charge in [0, 0.05) is 0 Å². The lowest BCUT2D eigenvalue weighted by Gasteiger charge is -2.16. The number of anilines is 3. The van der Waals surface area contributed by atoms with E-state index in [0.717, 1.165) is 24.0 Å². The van der Waals surface area contributed by atoms with E-state index < -0.39 is 6.09 Å². The van der Waals surface area contributed by atoms with E-state index in [1.54, 1.807) is 31.2 Å². The van der Waals surface area contributed by atoms with Gasteiger partial charge in [0.25, 0.3) is 0 Å².